The predicted molar refractivity (Wildman–Crippen MR) is 117 cm³/mol. The van der Waals surface area contributed by atoms with Crippen LogP contribution in [0.3, 0.4) is 0 Å². The number of ether oxygens (including phenoxy) is 1. The average molecular weight is 426 g/mol. The van der Waals surface area contributed by atoms with E-state index in [1.54, 1.807) is 18.6 Å². The number of carbonyl (C=O) groups excluding carboxylic acids is 1. The Labute approximate surface area is 184 Å². The first-order chi connectivity index (χ1) is 15.8. The topological polar surface area (TPSA) is 86.0 Å². The summed E-state index contributed by atoms with van der Waals surface area (Å²) in [6.45, 7) is 0.747. The molecule has 4 aromatic rings. The molecule has 3 fully saturated rings. The molecule has 1 amide bonds. The van der Waals surface area contributed by atoms with Gasteiger partial charge in [0.2, 0.25) is 5.88 Å². The summed E-state index contributed by atoms with van der Waals surface area (Å²) in [5, 5.41) is 9.41. The Morgan fingerprint density at radius 2 is 1.84 bits per heavy atom. The summed E-state index contributed by atoms with van der Waals surface area (Å²) >= 11 is 0. The molecule has 7 rings (SSSR count). The van der Waals surface area contributed by atoms with Crippen molar-refractivity contribution in [1.82, 2.24) is 29.9 Å². The van der Waals surface area contributed by atoms with Crippen molar-refractivity contribution in [3.05, 3.63) is 72.7 Å². The maximum atomic E-state index is 13.7. The number of amides is 1. The van der Waals surface area contributed by atoms with Crippen molar-refractivity contribution >= 4 is 16.9 Å². The molecular formula is C24H22N6O2. The van der Waals surface area contributed by atoms with E-state index in [1.165, 1.54) is 4.80 Å². The van der Waals surface area contributed by atoms with E-state index in [0.29, 0.717) is 28.7 Å². The highest BCUT2D eigenvalue weighted by Gasteiger charge is 2.44. The quantitative estimate of drug-likeness (QED) is 0.498. The maximum Gasteiger partial charge on any atom is 0.256 e. The summed E-state index contributed by atoms with van der Waals surface area (Å²) in [7, 11) is 0. The van der Waals surface area contributed by atoms with Crippen molar-refractivity contribution in [3.8, 4) is 11.6 Å². The average Bonchev–Trinajstić information content (AvgIpc) is 3.39. The molecule has 2 saturated heterocycles. The highest BCUT2D eigenvalue weighted by atomic mass is 16.5. The first-order valence-electron chi connectivity index (χ1n) is 10.9. The summed E-state index contributed by atoms with van der Waals surface area (Å²) in [6, 6.07) is 15.2. The van der Waals surface area contributed by atoms with Gasteiger partial charge in [0.25, 0.3) is 5.91 Å². The normalized spacial score (nSPS) is 22.2. The van der Waals surface area contributed by atoms with E-state index < -0.39 is 0 Å². The Morgan fingerprint density at radius 1 is 0.969 bits per heavy atom. The Kier molecular flexibility index (Phi) is 4.56. The second kappa shape index (κ2) is 7.71. The Hall–Kier alpha value is -3.81. The fourth-order valence-corrected chi connectivity index (χ4v) is 4.97. The maximum absolute atomic E-state index is 13.7. The minimum Gasteiger partial charge on any atom is -0.472 e. The third kappa shape index (κ3) is 3.28. The number of aromatic nitrogens is 5. The largest absolute Gasteiger partial charge is 0.472 e. The minimum absolute atomic E-state index is 0.00552. The number of pyridine rings is 2. The number of benzene rings is 1. The molecule has 5 heterocycles. The lowest BCUT2D eigenvalue weighted by Gasteiger charge is -2.49. The second-order valence-electron chi connectivity index (χ2n) is 8.40. The number of piperidine rings is 2. The van der Waals surface area contributed by atoms with Gasteiger partial charge in [-0.1, -0.05) is 12.1 Å². The van der Waals surface area contributed by atoms with Crippen molar-refractivity contribution in [2.24, 2.45) is 5.92 Å². The van der Waals surface area contributed by atoms with Gasteiger partial charge in [-0.05, 0) is 55.5 Å². The molecule has 2 aliphatic heterocycles. The van der Waals surface area contributed by atoms with Crippen LogP contribution < -0.4 is 4.74 Å². The summed E-state index contributed by atoms with van der Waals surface area (Å²) in [5.41, 5.74) is 1.95. The van der Waals surface area contributed by atoms with Crippen molar-refractivity contribution < 1.29 is 9.53 Å². The molecule has 1 saturated carbocycles. The summed E-state index contributed by atoms with van der Waals surface area (Å²) in [5.74, 6) is 0.971. The number of para-hydroxylation sites is 1. The Balaban J connectivity index is 1.28. The van der Waals surface area contributed by atoms with E-state index in [-0.39, 0.29) is 18.1 Å². The van der Waals surface area contributed by atoms with Crippen molar-refractivity contribution in [2.75, 3.05) is 6.54 Å². The second-order valence-corrected chi connectivity index (χ2v) is 8.40. The molecule has 0 radical (unpaired) electrons. The van der Waals surface area contributed by atoms with Crippen LogP contribution in [0.4, 0.5) is 0 Å². The van der Waals surface area contributed by atoms with Gasteiger partial charge >= 0.3 is 0 Å². The molecule has 3 aromatic heterocycles. The number of hydrogen-bond acceptors (Lipinski definition) is 6. The molecule has 32 heavy (non-hydrogen) atoms. The zero-order valence-electron chi connectivity index (χ0n) is 17.4. The molecule has 0 unspecified atom stereocenters. The fourth-order valence-electron chi connectivity index (χ4n) is 4.97. The molecule has 0 N–H and O–H groups in total. The van der Waals surface area contributed by atoms with Crippen LogP contribution in [0, 0.1) is 5.92 Å². The summed E-state index contributed by atoms with van der Waals surface area (Å²) in [6.07, 6.45) is 7.83. The van der Waals surface area contributed by atoms with E-state index in [4.69, 9.17) is 4.74 Å². The van der Waals surface area contributed by atoms with Crippen molar-refractivity contribution in [3.63, 3.8) is 0 Å². The van der Waals surface area contributed by atoms with E-state index >= 15 is 0 Å². The van der Waals surface area contributed by atoms with Crippen LogP contribution in [-0.4, -0.2) is 54.5 Å². The Bertz CT molecular complexity index is 1270. The summed E-state index contributed by atoms with van der Waals surface area (Å²) < 4.78 is 6.34. The number of rotatable bonds is 4. The van der Waals surface area contributed by atoms with Crippen LogP contribution in [0.25, 0.3) is 16.7 Å². The first-order valence-corrected chi connectivity index (χ1v) is 10.9. The van der Waals surface area contributed by atoms with Crippen LogP contribution >= 0.6 is 0 Å². The summed E-state index contributed by atoms with van der Waals surface area (Å²) in [4.78, 5) is 26.0. The zero-order chi connectivity index (χ0) is 21.5. The smallest absolute Gasteiger partial charge is 0.256 e. The Morgan fingerprint density at radius 3 is 2.72 bits per heavy atom. The van der Waals surface area contributed by atoms with Gasteiger partial charge in [-0.25, -0.2) is 4.98 Å². The van der Waals surface area contributed by atoms with Gasteiger partial charge in [-0.2, -0.15) is 20.0 Å². The number of hydrogen-bond donors (Lipinski definition) is 0. The van der Waals surface area contributed by atoms with E-state index in [2.05, 4.69) is 20.2 Å². The molecule has 160 valence electrons. The standard InChI is InChI=1S/C24H22N6O2/c31-24(18-5-1-2-6-19(18)30-26-12-13-27-30)29-15-16-7-9-20(29)21(14-16)32-22-10-8-17-4-3-11-25-23(17)28-22/h1-6,8,10-13,16,20-21H,7,9,14-15H2/t16-,20+,21-/m1/s1. The molecule has 0 spiro atoms. The number of fused-ring (bicyclic) bond motifs is 4. The van der Waals surface area contributed by atoms with Crippen LogP contribution in [0.5, 0.6) is 5.88 Å². The molecule has 1 aromatic carbocycles. The fraction of sp³-hybridized carbons (Fsp3) is 0.292. The van der Waals surface area contributed by atoms with Crippen LogP contribution in [-0.2, 0) is 0 Å². The van der Waals surface area contributed by atoms with Gasteiger partial charge < -0.3 is 9.64 Å². The molecule has 1 aliphatic carbocycles. The SMILES string of the molecule is O=C(c1ccccc1-n1nccn1)N1C[C@@H]2CC[C@H]1[C@H](Oc1ccc3cccnc3n1)C2. The molecule has 2 bridgehead atoms. The lowest BCUT2D eigenvalue weighted by atomic mass is 9.77. The van der Waals surface area contributed by atoms with Gasteiger partial charge in [0.05, 0.1) is 29.7 Å². The van der Waals surface area contributed by atoms with Crippen molar-refractivity contribution in [1.29, 1.82) is 0 Å². The molecule has 3 aliphatic rings. The number of nitrogens with zero attached hydrogens (tertiary/aromatic N) is 6. The molecule has 8 heteroatoms. The van der Waals surface area contributed by atoms with Crippen LogP contribution in [0.15, 0.2) is 67.1 Å². The number of carbonyl (C=O) groups is 1. The first kappa shape index (κ1) is 18.9. The van der Waals surface area contributed by atoms with Gasteiger partial charge in [0.15, 0.2) is 5.65 Å². The van der Waals surface area contributed by atoms with Crippen LogP contribution in [0.1, 0.15) is 29.6 Å². The van der Waals surface area contributed by atoms with Gasteiger partial charge in [0.1, 0.15) is 6.10 Å². The molecule has 3 atom stereocenters. The zero-order valence-corrected chi connectivity index (χ0v) is 17.4. The van der Waals surface area contributed by atoms with Gasteiger partial charge in [0, 0.05) is 24.2 Å². The van der Waals surface area contributed by atoms with Crippen LogP contribution in [0.2, 0.25) is 0 Å². The van der Waals surface area contributed by atoms with Crippen molar-refractivity contribution in [2.45, 2.75) is 31.4 Å². The molecular weight excluding hydrogens is 404 g/mol. The third-order valence-electron chi connectivity index (χ3n) is 6.46. The van der Waals surface area contributed by atoms with Gasteiger partial charge in [-0.15, -0.1) is 0 Å². The highest BCUT2D eigenvalue weighted by molar-refractivity contribution is 5.98. The van der Waals surface area contributed by atoms with E-state index in [0.717, 1.165) is 31.2 Å². The van der Waals surface area contributed by atoms with E-state index in [1.807, 2.05) is 53.4 Å². The highest BCUT2D eigenvalue weighted by Crippen LogP contribution is 2.38. The predicted octanol–water partition coefficient (Wildman–Crippen LogP) is 3.28. The lowest BCUT2D eigenvalue weighted by molar-refractivity contribution is -0.0312. The molecule has 8 nitrogen and oxygen atoms in total. The third-order valence-corrected chi connectivity index (χ3v) is 6.46. The van der Waals surface area contributed by atoms with E-state index in [9.17, 15) is 4.79 Å². The minimum atomic E-state index is -0.0879. The monoisotopic (exact) mass is 426 g/mol. The van der Waals surface area contributed by atoms with Gasteiger partial charge in [-0.3, -0.25) is 4.79 Å². The lowest BCUT2D eigenvalue weighted by Crippen LogP contribution is -2.59.